The number of para-hydroxylation sites is 1. The SMILES string of the molecule is c1ccc2sc(N3CCCCNC3)nc2c1. The van der Waals surface area contributed by atoms with Crippen LogP contribution in [0.5, 0.6) is 0 Å². The van der Waals surface area contributed by atoms with Gasteiger partial charge in [-0.25, -0.2) is 4.98 Å². The topological polar surface area (TPSA) is 28.2 Å². The van der Waals surface area contributed by atoms with Crippen molar-refractivity contribution >= 4 is 26.7 Å². The molecule has 0 radical (unpaired) electrons. The molecule has 0 spiro atoms. The fourth-order valence-corrected chi connectivity index (χ4v) is 2.99. The zero-order chi connectivity index (χ0) is 10.8. The number of nitrogens with zero attached hydrogens (tertiary/aromatic N) is 2. The van der Waals surface area contributed by atoms with Crippen LogP contribution in [0.1, 0.15) is 12.8 Å². The van der Waals surface area contributed by atoms with Gasteiger partial charge in [-0.2, -0.15) is 0 Å². The van der Waals surface area contributed by atoms with E-state index >= 15 is 0 Å². The van der Waals surface area contributed by atoms with Crippen molar-refractivity contribution in [2.75, 3.05) is 24.7 Å². The minimum atomic E-state index is 0.930. The molecule has 0 bridgehead atoms. The van der Waals surface area contributed by atoms with Crippen molar-refractivity contribution in [3.63, 3.8) is 0 Å². The highest BCUT2D eigenvalue weighted by atomic mass is 32.1. The Morgan fingerprint density at radius 1 is 1.25 bits per heavy atom. The highest BCUT2D eigenvalue weighted by Crippen LogP contribution is 2.28. The van der Waals surface area contributed by atoms with E-state index in [2.05, 4.69) is 33.4 Å². The van der Waals surface area contributed by atoms with Crippen molar-refractivity contribution in [2.24, 2.45) is 0 Å². The highest BCUT2D eigenvalue weighted by Gasteiger charge is 2.13. The predicted octanol–water partition coefficient (Wildman–Crippen LogP) is 2.44. The van der Waals surface area contributed by atoms with Gasteiger partial charge in [0, 0.05) is 6.54 Å². The van der Waals surface area contributed by atoms with Crippen LogP contribution in [0.3, 0.4) is 0 Å². The summed E-state index contributed by atoms with van der Waals surface area (Å²) in [6, 6.07) is 8.35. The van der Waals surface area contributed by atoms with Gasteiger partial charge in [0.1, 0.15) is 0 Å². The number of aromatic nitrogens is 1. The Bertz CT molecular complexity index is 439. The van der Waals surface area contributed by atoms with Crippen LogP contribution in [0.2, 0.25) is 0 Å². The zero-order valence-electron chi connectivity index (χ0n) is 9.15. The van der Waals surface area contributed by atoms with Gasteiger partial charge in [-0.15, -0.1) is 0 Å². The lowest BCUT2D eigenvalue weighted by atomic mass is 10.3. The van der Waals surface area contributed by atoms with E-state index in [0.29, 0.717) is 0 Å². The number of thiazole rings is 1. The lowest BCUT2D eigenvalue weighted by Gasteiger charge is -2.18. The number of nitrogens with one attached hydrogen (secondary N) is 1. The molecule has 4 heteroatoms. The first-order valence-electron chi connectivity index (χ1n) is 5.75. The number of hydrogen-bond acceptors (Lipinski definition) is 4. The summed E-state index contributed by atoms with van der Waals surface area (Å²) < 4.78 is 1.28. The molecule has 1 aromatic heterocycles. The van der Waals surface area contributed by atoms with Crippen LogP contribution in [0.4, 0.5) is 5.13 Å². The average Bonchev–Trinajstić information content (AvgIpc) is 2.56. The number of rotatable bonds is 1. The fourth-order valence-electron chi connectivity index (χ4n) is 2.00. The van der Waals surface area contributed by atoms with Crippen LogP contribution in [-0.2, 0) is 0 Å². The van der Waals surface area contributed by atoms with Crippen molar-refractivity contribution in [3.05, 3.63) is 24.3 Å². The first-order chi connectivity index (χ1) is 7.93. The highest BCUT2D eigenvalue weighted by molar-refractivity contribution is 7.22. The van der Waals surface area contributed by atoms with Crippen molar-refractivity contribution in [3.8, 4) is 0 Å². The van der Waals surface area contributed by atoms with E-state index in [4.69, 9.17) is 0 Å². The van der Waals surface area contributed by atoms with Gasteiger partial charge in [0.15, 0.2) is 5.13 Å². The molecule has 3 rings (SSSR count). The molecule has 3 nitrogen and oxygen atoms in total. The van der Waals surface area contributed by atoms with Crippen LogP contribution in [-0.4, -0.2) is 24.7 Å². The molecule has 16 heavy (non-hydrogen) atoms. The third kappa shape index (κ3) is 1.90. The molecule has 1 aliphatic rings. The van der Waals surface area contributed by atoms with E-state index in [0.717, 1.165) is 30.4 Å². The number of anilines is 1. The Kier molecular flexibility index (Phi) is 2.76. The van der Waals surface area contributed by atoms with E-state index in [9.17, 15) is 0 Å². The van der Waals surface area contributed by atoms with Crippen molar-refractivity contribution in [2.45, 2.75) is 12.8 Å². The monoisotopic (exact) mass is 233 g/mol. The third-order valence-electron chi connectivity index (χ3n) is 2.89. The van der Waals surface area contributed by atoms with Gasteiger partial charge < -0.3 is 4.90 Å². The Hall–Kier alpha value is -1.13. The molecule has 1 fully saturated rings. The second-order valence-corrected chi connectivity index (χ2v) is 5.10. The van der Waals surface area contributed by atoms with E-state index in [1.807, 2.05) is 6.07 Å². The summed E-state index contributed by atoms with van der Waals surface area (Å²) >= 11 is 1.79. The Morgan fingerprint density at radius 2 is 2.19 bits per heavy atom. The lowest BCUT2D eigenvalue weighted by Crippen LogP contribution is -2.32. The van der Waals surface area contributed by atoms with Crippen LogP contribution >= 0.6 is 11.3 Å². The van der Waals surface area contributed by atoms with Gasteiger partial charge in [-0.3, -0.25) is 5.32 Å². The van der Waals surface area contributed by atoms with Crippen LogP contribution < -0.4 is 10.2 Å². The molecule has 1 N–H and O–H groups in total. The van der Waals surface area contributed by atoms with E-state index in [-0.39, 0.29) is 0 Å². The number of hydrogen-bond donors (Lipinski definition) is 1. The molecule has 1 aromatic carbocycles. The van der Waals surface area contributed by atoms with Crippen LogP contribution in [0, 0.1) is 0 Å². The standard InChI is InChI=1S/C12H15N3S/c1-2-6-11-10(5-1)14-12(16-11)15-8-4-3-7-13-9-15/h1-2,5-6,13H,3-4,7-9H2. The van der Waals surface area contributed by atoms with Crippen LogP contribution in [0.15, 0.2) is 24.3 Å². The summed E-state index contributed by atoms with van der Waals surface area (Å²) in [7, 11) is 0. The average molecular weight is 233 g/mol. The molecule has 1 aliphatic heterocycles. The number of benzene rings is 1. The van der Waals surface area contributed by atoms with Gasteiger partial charge >= 0.3 is 0 Å². The second kappa shape index (κ2) is 4.39. The quantitative estimate of drug-likeness (QED) is 0.820. The van der Waals surface area contributed by atoms with Gasteiger partial charge in [0.2, 0.25) is 0 Å². The first-order valence-corrected chi connectivity index (χ1v) is 6.56. The van der Waals surface area contributed by atoms with E-state index in [1.165, 1.54) is 17.5 Å². The zero-order valence-corrected chi connectivity index (χ0v) is 9.96. The maximum Gasteiger partial charge on any atom is 0.187 e. The van der Waals surface area contributed by atoms with Gasteiger partial charge in [-0.05, 0) is 31.5 Å². The maximum atomic E-state index is 4.68. The molecular weight excluding hydrogens is 218 g/mol. The van der Waals surface area contributed by atoms with Crippen molar-refractivity contribution in [1.82, 2.24) is 10.3 Å². The molecule has 2 heterocycles. The Morgan fingerprint density at radius 3 is 3.12 bits per heavy atom. The van der Waals surface area contributed by atoms with Crippen LogP contribution in [0.25, 0.3) is 10.2 Å². The van der Waals surface area contributed by atoms with E-state index in [1.54, 1.807) is 11.3 Å². The fraction of sp³-hybridized carbons (Fsp3) is 0.417. The Balaban J connectivity index is 1.92. The smallest absolute Gasteiger partial charge is 0.187 e. The molecular formula is C12H15N3S. The lowest BCUT2D eigenvalue weighted by molar-refractivity contribution is 0.700. The summed E-state index contributed by atoms with van der Waals surface area (Å²) in [5, 5.41) is 4.58. The minimum absolute atomic E-state index is 0.930. The summed E-state index contributed by atoms with van der Waals surface area (Å²) in [6.45, 7) is 3.17. The van der Waals surface area contributed by atoms with Crippen molar-refractivity contribution in [1.29, 1.82) is 0 Å². The predicted molar refractivity (Wildman–Crippen MR) is 69.1 cm³/mol. The first kappa shape index (κ1) is 10.1. The summed E-state index contributed by atoms with van der Waals surface area (Å²) in [4.78, 5) is 7.03. The molecule has 1 saturated heterocycles. The minimum Gasteiger partial charge on any atom is -0.335 e. The molecule has 84 valence electrons. The summed E-state index contributed by atoms with van der Waals surface area (Å²) in [6.07, 6.45) is 2.52. The molecule has 0 unspecified atom stereocenters. The number of fused-ring (bicyclic) bond motifs is 1. The van der Waals surface area contributed by atoms with Gasteiger partial charge in [0.25, 0.3) is 0 Å². The Labute approximate surface area is 99.1 Å². The second-order valence-electron chi connectivity index (χ2n) is 4.09. The van der Waals surface area contributed by atoms with E-state index < -0.39 is 0 Å². The molecule has 0 saturated carbocycles. The third-order valence-corrected chi connectivity index (χ3v) is 3.98. The summed E-state index contributed by atoms with van der Waals surface area (Å²) in [5.74, 6) is 0. The molecule has 0 amide bonds. The van der Waals surface area contributed by atoms with Crippen molar-refractivity contribution < 1.29 is 0 Å². The largest absolute Gasteiger partial charge is 0.335 e. The van der Waals surface area contributed by atoms with Gasteiger partial charge in [-0.1, -0.05) is 23.5 Å². The molecule has 0 atom stereocenters. The normalized spacial score (nSPS) is 17.6. The molecule has 0 aliphatic carbocycles. The van der Waals surface area contributed by atoms with Gasteiger partial charge in [0.05, 0.1) is 16.9 Å². The molecule has 2 aromatic rings. The maximum absolute atomic E-state index is 4.68. The summed E-state index contributed by atoms with van der Waals surface area (Å²) in [5.41, 5.74) is 1.12.